The summed E-state index contributed by atoms with van der Waals surface area (Å²) in [7, 11) is 0. The molecule has 0 saturated heterocycles. The third-order valence-corrected chi connectivity index (χ3v) is 4.05. The number of esters is 1. The number of carbonyl (C=O) groups is 1. The van der Waals surface area contributed by atoms with Crippen molar-refractivity contribution < 1.29 is 19.0 Å². The van der Waals surface area contributed by atoms with Crippen molar-refractivity contribution in [1.29, 1.82) is 0 Å². The fraction of sp³-hybridized carbons (Fsp3) is 0.938. The van der Waals surface area contributed by atoms with Crippen LogP contribution < -0.4 is 0 Å². The van der Waals surface area contributed by atoms with E-state index in [0.29, 0.717) is 19.3 Å². The van der Waals surface area contributed by atoms with Crippen LogP contribution >= 0.6 is 0 Å². The van der Waals surface area contributed by atoms with E-state index in [4.69, 9.17) is 14.2 Å². The molecule has 0 amide bonds. The fourth-order valence-electron chi connectivity index (χ4n) is 2.15. The molecule has 1 rings (SSSR count). The summed E-state index contributed by atoms with van der Waals surface area (Å²) in [6, 6.07) is 0. The van der Waals surface area contributed by atoms with Gasteiger partial charge >= 0.3 is 5.97 Å². The molecule has 1 aliphatic carbocycles. The Morgan fingerprint density at radius 3 is 2.45 bits per heavy atom. The summed E-state index contributed by atoms with van der Waals surface area (Å²) < 4.78 is 16.5. The number of rotatable bonds is 8. The van der Waals surface area contributed by atoms with Crippen LogP contribution in [0.1, 0.15) is 66.2 Å². The second-order valence-electron chi connectivity index (χ2n) is 6.21. The zero-order chi connectivity index (χ0) is 15.0. The second kappa shape index (κ2) is 8.63. The number of carbonyl (C=O) groups excluding carboxylic acids is 1. The van der Waals surface area contributed by atoms with Crippen molar-refractivity contribution in [2.24, 2.45) is 5.41 Å². The molecule has 1 unspecified atom stereocenters. The van der Waals surface area contributed by atoms with Crippen molar-refractivity contribution >= 4 is 5.97 Å². The van der Waals surface area contributed by atoms with E-state index in [2.05, 4.69) is 0 Å². The van der Waals surface area contributed by atoms with E-state index >= 15 is 0 Å². The zero-order valence-corrected chi connectivity index (χ0v) is 13.4. The van der Waals surface area contributed by atoms with Crippen molar-refractivity contribution in [3.8, 4) is 0 Å². The van der Waals surface area contributed by atoms with Gasteiger partial charge in [-0.3, -0.25) is 4.79 Å². The van der Waals surface area contributed by atoms with Crippen LogP contribution in [0.3, 0.4) is 0 Å². The first-order valence-electron chi connectivity index (χ1n) is 7.90. The van der Waals surface area contributed by atoms with Gasteiger partial charge in [0.15, 0.2) is 6.29 Å². The highest BCUT2D eigenvalue weighted by Gasteiger charge is 2.28. The highest BCUT2D eigenvalue weighted by molar-refractivity contribution is 5.75. The molecular formula is C16H30O4. The summed E-state index contributed by atoms with van der Waals surface area (Å²) in [4.78, 5) is 11.9. The van der Waals surface area contributed by atoms with Gasteiger partial charge < -0.3 is 14.2 Å². The lowest BCUT2D eigenvalue weighted by molar-refractivity contribution is -0.187. The summed E-state index contributed by atoms with van der Waals surface area (Å²) in [5, 5.41) is 0. The van der Waals surface area contributed by atoms with Gasteiger partial charge in [-0.25, -0.2) is 0 Å². The third-order valence-electron chi connectivity index (χ3n) is 4.05. The monoisotopic (exact) mass is 286 g/mol. The van der Waals surface area contributed by atoms with E-state index in [0.717, 1.165) is 19.3 Å². The average molecular weight is 286 g/mol. The summed E-state index contributed by atoms with van der Waals surface area (Å²) in [5.41, 5.74) is -0.448. The van der Waals surface area contributed by atoms with E-state index < -0.39 is 11.7 Å². The molecular weight excluding hydrogens is 256 g/mol. The van der Waals surface area contributed by atoms with Crippen LogP contribution in [0, 0.1) is 5.41 Å². The minimum atomic E-state index is -0.511. The fourth-order valence-corrected chi connectivity index (χ4v) is 2.15. The molecule has 0 bridgehead atoms. The SMILES string of the molecule is CCC(C)(C)C(=O)OC(C)OCCOC1CCCCC1. The Bertz CT molecular complexity index is 282. The maximum atomic E-state index is 11.9. The molecule has 1 fully saturated rings. The Morgan fingerprint density at radius 2 is 1.85 bits per heavy atom. The van der Waals surface area contributed by atoms with Crippen molar-refractivity contribution in [3.63, 3.8) is 0 Å². The minimum absolute atomic E-state index is 0.208. The highest BCUT2D eigenvalue weighted by atomic mass is 16.7. The maximum Gasteiger partial charge on any atom is 0.313 e. The topological polar surface area (TPSA) is 44.8 Å². The molecule has 20 heavy (non-hydrogen) atoms. The van der Waals surface area contributed by atoms with Crippen LogP contribution in [-0.4, -0.2) is 31.6 Å². The van der Waals surface area contributed by atoms with Gasteiger partial charge in [-0.2, -0.15) is 0 Å². The number of ether oxygens (including phenoxy) is 3. The molecule has 0 aromatic heterocycles. The second-order valence-corrected chi connectivity index (χ2v) is 6.21. The Balaban J connectivity index is 2.10. The van der Waals surface area contributed by atoms with Gasteiger partial charge in [0.25, 0.3) is 0 Å². The summed E-state index contributed by atoms with van der Waals surface area (Å²) in [6.45, 7) is 8.54. The van der Waals surface area contributed by atoms with Crippen molar-refractivity contribution in [2.45, 2.75) is 78.6 Å². The molecule has 0 heterocycles. The van der Waals surface area contributed by atoms with Crippen molar-refractivity contribution in [2.75, 3.05) is 13.2 Å². The van der Waals surface area contributed by atoms with E-state index in [9.17, 15) is 4.79 Å². The molecule has 118 valence electrons. The molecule has 0 spiro atoms. The van der Waals surface area contributed by atoms with Crippen LogP contribution in [0.2, 0.25) is 0 Å². The lowest BCUT2D eigenvalue weighted by Gasteiger charge is -2.24. The predicted molar refractivity (Wildman–Crippen MR) is 78.4 cm³/mol. The molecule has 1 saturated carbocycles. The quantitative estimate of drug-likeness (QED) is 0.388. The normalized spacial score (nSPS) is 18.8. The number of hydrogen-bond donors (Lipinski definition) is 0. The molecule has 4 nitrogen and oxygen atoms in total. The third kappa shape index (κ3) is 6.23. The van der Waals surface area contributed by atoms with Crippen LogP contribution in [0.15, 0.2) is 0 Å². The van der Waals surface area contributed by atoms with Gasteiger partial charge in [-0.15, -0.1) is 0 Å². The first-order chi connectivity index (χ1) is 9.45. The van der Waals surface area contributed by atoms with Crippen LogP contribution in [0.5, 0.6) is 0 Å². The molecule has 0 aromatic carbocycles. The molecule has 4 heteroatoms. The first kappa shape index (κ1) is 17.4. The predicted octanol–water partition coefficient (Wildman–Crippen LogP) is 3.68. The Labute approximate surface area is 123 Å². The number of hydrogen-bond acceptors (Lipinski definition) is 4. The molecule has 0 N–H and O–H groups in total. The largest absolute Gasteiger partial charge is 0.436 e. The van der Waals surface area contributed by atoms with Gasteiger partial charge in [-0.1, -0.05) is 26.2 Å². The standard InChI is InChI=1S/C16H30O4/c1-5-16(3,4)15(17)20-13(2)18-11-12-19-14-9-7-6-8-10-14/h13-14H,5-12H2,1-4H3. The summed E-state index contributed by atoms with van der Waals surface area (Å²) >= 11 is 0. The molecule has 1 aliphatic rings. The van der Waals surface area contributed by atoms with Gasteiger partial charge in [-0.05, 0) is 40.0 Å². The van der Waals surface area contributed by atoms with Crippen LogP contribution in [-0.2, 0) is 19.0 Å². The average Bonchev–Trinajstić information content (AvgIpc) is 2.44. The molecule has 0 radical (unpaired) electrons. The highest BCUT2D eigenvalue weighted by Crippen LogP contribution is 2.22. The van der Waals surface area contributed by atoms with Crippen molar-refractivity contribution in [1.82, 2.24) is 0 Å². The van der Waals surface area contributed by atoms with Gasteiger partial charge in [0.1, 0.15) is 0 Å². The lowest BCUT2D eigenvalue weighted by Crippen LogP contribution is -2.30. The smallest absolute Gasteiger partial charge is 0.313 e. The molecule has 1 atom stereocenters. The van der Waals surface area contributed by atoms with Crippen LogP contribution in [0.4, 0.5) is 0 Å². The summed E-state index contributed by atoms with van der Waals surface area (Å²) in [6.07, 6.45) is 6.83. The summed E-state index contributed by atoms with van der Waals surface area (Å²) in [5.74, 6) is -0.208. The first-order valence-corrected chi connectivity index (χ1v) is 7.90. The lowest BCUT2D eigenvalue weighted by atomic mass is 9.91. The molecule has 0 aliphatic heterocycles. The Morgan fingerprint density at radius 1 is 1.20 bits per heavy atom. The van der Waals surface area contributed by atoms with Gasteiger partial charge in [0.2, 0.25) is 0 Å². The van der Waals surface area contributed by atoms with Gasteiger partial charge in [0.05, 0.1) is 24.7 Å². The molecule has 0 aromatic rings. The minimum Gasteiger partial charge on any atom is -0.436 e. The Hall–Kier alpha value is -0.610. The zero-order valence-electron chi connectivity index (χ0n) is 13.4. The van der Waals surface area contributed by atoms with E-state index in [1.165, 1.54) is 19.3 Å². The Kier molecular flexibility index (Phi) is 7.52. The van der Waals surface area contributed by atoms with E-state index in [1.54, 1.807) is 6.92 Å². The van der Waals surface area contributed by atoms with Crippen LogP contribution in [0.25, 0.3) is 0 Å². The van der Waals surface area contributed by atoms with Crippen molar-refractivity contribution in [3.05, 3.63) is 0 Å². The van der Waals surface area contributed by atoms with Gasteiger partial charge in [0, 0.05) is 0 Å². The maximum absolute atomic E-state index is 11.9. The van der Waals surface area contributed by atoms with E-state index in [1.807, 2.05) is 20.8 Å². The van der Waals surface area contributed by atoms with E-state index in [-0.39, 0.29) is 5.97 Å².